The normalized spacial score (nSPS) is 15.2. The molecule has 1 aromatic heterocycles. The summed E-state index contributed by atoms with van der Waals surface area (Å²) in [5.74, 6) is 0.236. The minimum Gasteiger partial charge on any atom is -0.380 e. The van der Waals surface area contributed by atoms with Gasteiger partial charge in [0.05, 0.1) is 6.54 Å². The van der Waals surface area contributed by atoms with Crippen LogP contribution in [0.1, 0.15) is 25.6 Å². The number of thiazole rings is 1. The molecule has 0 radical (unpaired) electrons. The predicted octanol–water partition coefficient (Wildman–Crippen LogP) is 4.10. The third-order valence-electron chi connectivity index (χ3n) is 4.43. The third-order valence-corrected chi connectivity index (χ3v) is 5.55. The first-order valence-corrected chi connectivity index (χ1v) is 10.0. The average Bonchev–Trinajstić information content (AvgIpc) is 3.04. The lowest BCUT2D eigenvalue weighted by Crippen LogP contribution is -2.51. The van der Waals surface area contributed by atoms with Crippen LogP contribution in [0.15, 0.2) is 30.5 Å². The van der Waals surface area contributed by atoms with Crippen LogP contribution in [-0.2, 0) is 11.3 Å². The van der Waals surface area contributed by atoms with Gasteiger partial charge in [0.25, 0.3) is 0 Å². The van der Waals surface area contributed by atoms with Crippen LogP contribution >= 0.6 is 22.9 Å². The molecule has 0 aliphatic carbocycles. The van der Waals surface area contributed by atoms with E-state index in [1.807, 2.05) is 25.7 Å². The summed E-state index contributed by atoms with van der Waals surface area (Å²) in [6, 6.07) is 8.43. The molecule has 1 N–H and O–H groups in total. The average molecular weight is 393 g/mol. The fourth-order valence-electron chi connectivity index (χ4n) is 2.99. The van der Waals surface area contributed by atoms with Crippen molar-refractivity contribution in [2.75, 3.05) is 36.4 Å². The van der Waals surface area contributed by atoms with Gasteiger partial charge >= 0.3 is 0 Å². The number of piperazine rings is 1. The van der Waals surface area contributed by atoms with Crippen molar-refractivity contribution in [2.45, 2.75) is 27.3 Å². The lowest BCUT2D eigenvalue weighted by molar-refractivity contribution is -0.139. The van der Waals surface area contributed by atoms with Crippen molar-refractivity contribution in [3.8, 4) is 0 Å². The summed E-state index contributed by atoms with van der Waals surface area (Å²) in [5, 5.41) is 3.38. The maximum absolute atomic E-state index is 12.4. The topological polar surface area (TPSA) is 48.5 Å². The minimum atomic E-state index is -0.308. The number of hydrogen-bond donors (Lipinski definition) is 1. The number of amides is 1. The van der Waals surface area contributed by atoms with E-state index in [1.54, 1.807) is 6.20 Å². The predicted molar refractivity (Wildman–Crippen MR) is 109 cm³/mol. The van der Waals surface area contributed by atoms with Crippen molar-refractivity contribution in [2.24, 2.45) is 5.41 Å². The highest BCUT2D eigenvalue weighted by molar-refractivity contribution is 7.15. The summed E-state index contributed by atoms with van der Waals surface area (Å²) >= 11 is 7.34. The second-order valence-electron chi connectivity index (χ2n) is 7.51. The van der Waals surface area contributed by atoms with Crippen LogP contribution in [0.2, 0.25) is 4.47 Å². The Labute approximate surface area is 164 Å². The summed E-state index contributed by atoms with van der Waals surface area (Å²) < 4.78 is 0.571. The Morgan fingerprint density at radius 2 is 1.85 bits per heavy atom. The van der Waals surface area contributed by atoms with Gasteiger partial charge in [-0.15, -0.1) is 11.3 Å². The van der Waals surface area contributed by atoms with Crippen molar-refractivity contribution < 1.29 is 4.79 Å². The van der Waals surface area contributed by atoms with E-state index < -0.39 is 0 Å². The second kappa shape index (κ2) is 7.84. The molecule has 1 aliphatic heterocycles. The van der Waals surface area contributed by atoms with E-state index in [-0.39, 0.29) is 11.3 Å². The van der Waals surface area contributed by atoms with Crippen molar-refractivity contribution in [3.63, 3.8) is 0 Å². The van der Waals surface area contributed by atoms with E-state index in [0.717, 1.165) is 43.3 Å². The quantitative estimate of drug-likeness (QED) is 0.850. The molecular weight excluding hydrogens is 368 g/mol. The smallest absolute Gasteiger partial charge is 0.228 e. The van der Waals surface area contributed by atoms with Gasteiger partial charge in [0, 0.05) is 54.0 Å². The maximum atomic E-state index is 12.4. The van der Waals surface area contributed by atoms with Crippen molar-refractivity contribution in [1.29, 1.82) is 0 Å². The van der Waals surface area contributed by atoms with Crippen LogP contribution in [-0.4, -0.2) is 42.0 Å². The first-order valence-electron chi connectivity index (χ1n) is 8.81. The highest BCUT2D eigenvalue weighted by Crippen LogP contribution is 2.23. The number of halogens is 1. The number of nitrogens with one attached hydrogen (secondary N) is 1. The molecular formula is C19H25ClN4OS. The highest BCUT2D eigenvalue weighted by atomic mass is 35.5. The number of benzene rings is 1. The van der Waals surface area contributed by atoms with Crippen LogP contribution in [0, 0.1) is 5.41 Å². The van der Waals surface area contributed by atoms with E-state index in [0.29, 0.717) is 4.47 Å². The van der Waals surface area contributed by atoms with Gasteiger partial charge in [-0.05, 0) is 24.3 Å². The number of nitrogens with zero attached hydrogens (tertiary/aromatic N) is 3. The van der Waals surface area contributed by atoms with Gasteiger partial charge in [0.2, 0.25) is 5.91 Å². The number of anilines is 2. The zero-order valence-electron chi connectivity index (χ0n) is 15.5. The Balaban J connectivity index is 1.52. The molecule has 0 spiro atoms. The molecule has 1 aromatic carbocycles. The zero-order valence-corrected chi connectivity index (χ0v) is 17.0. The second-order valence-corrected chi connectivity index (χ2v) is 9.21. The summed E-state index contributed by atoms with van der Waals surface area (Å²) in [7, 11) is 0. The standard InChI is InChI=1S/C19H25ClN4OS/c1-19(2,3)17(25)24-10-8-23(9-11-24)15-6-4-14(5-7-15)21-12-16-13-22-18(20)26-16/h4-7,13,21H,8-12H2,1-3H3. The van der Waals surface area contributed by atoms with E-state index >= 15 is 0 Å². The molecule has 0 atom stereocenters. The first kappa shape index (κ1) is 19.0. The number of rotatable bonds is 4. The van der Waals surface area contributed by atoms with E-state index in [2.05, 4.69) is 39.5 Å². The maximum Gasteiger partial charge on any atom is 0.228 e. The zero-order chi connectivity index (χ0) is 18.7. The highest BCUT2D eigenvalue weighted by Gasteiger charge is 2.29. The van der Waals surface area contributed by atoms with E-state index in [9.17, 15) is 4.79 Å². The summed E-state index contributed by atoms with van der Waals surface area (Å²) in [6.07, 6.45) is 1.80. The largest absolute Gasteiger partial charge is 0.380 e. The van der Waals surface area contributed by atoms with Gasteiger partial charge in [-0.3, -0.25) is 4.79 Å². The molecule has 2 heterocycles. The first-order chi connectivity index (χ1) is 12.3. The lowest BCUT2D eigenvalue weighted by Gasteiger charge is -2.38. The van der Waals surface area contributed by atoms with Crippen molar-refractivity contribution in [3.05, 3.63) is 39.8 Å². The number of hydrogen-bond acceptors (Lipinski definition) is 5. The Bertz CT molecular complexity index is 746. The van der Waals surface area contributed by atoms with Crippen LogP contribution in [0.5, 0.6) is 0 Å². The molecule has 7 heteroatoms. The number of carbonyl (C=O) groups is 1. The van der Waals surface area contributed by atoms with Crippen LogP contribution < -0.4 is 10.2 Å². The molecule has 3 rings (SSSR count). The third kappa shape index (κ3) is 4.68. The molecule has 0 unspecified atom stereocenters. The van der Waals surface area contributed by atoms with Gasteiger partial charge < -0.3 is 15.1 Å². The summed E-state index contributed by atoms with van der Waals surface area (Å²) in [5.41, 5.74) is 1.96. The van der Waals surface area contributed by atoms with E-state index in [1.165, 1.54) is 17.0 Å². The van der Waals surface area contributed by atoms with Crippen molar-refractivity contribution >= 4 is 40.2 Å². The van der Waals surface area contributed by atoms with Gasteiger partial charge in [-0.1, -0.05) is 32.4 Å². The van der Waals surface area contributed by atoms with Crippen LogP contribution in [0.3, 0.4) is 0 Å². The molecule has 1 amide bonds. The Hall–Kier alpha value is -1.79. The van der Waals surface area contributed by atoms with Crippen LogP contribution in [0.25, 0.3) is 0 Å². The molecule has 140 valence electrons. The Morgan fingerprint density at radius 1 is 1.19 bits per heavy atom. The number of aromatic nitrogens is 1. The minimum absolute atomic E-state index is 0.236. The molecule has 26 heavy (non-hydrogen) atoms. The molecule has 0 saturated carbocycles. The number of carbonyl (C=O) groups excluding carboxylic acids is 1. The van der Waals surface area contributed by atoms with Gasteiger partial charge in [-0.2, -0.15) is 0 Å². The monoisotopic (exact) mass is 392 g/mol. The molecule has 0 bridgehead atoms. The molecule has 2 aromatic rings. The lowest BCUT2D eigenvalue weighted by atomic mass is 9.94. The van der Waals surface area contributed by atoms with Gasteiger partial charge in [-0.25, -0.2) is 4.98 Å². The Morgan fingerprint density at radius 3 is 2.38 bits per heavy atom. The molecule has 1 fully saturated rings. The fourth-order valence-corrected chi connectivity index (χ4v) is 3.90. The van der Waals surface area contributed by atoms with Crippen molar-refractivity contribution in [1.82, 2.24) is 9.88 Å². The molecule has 1 aliphatic rings. The summed E-state index contributed by atoms with van der Waals surface area (Å²) in [4.78, 5) is 21.9. The molecule has 1 saturated heterocycles. The fraction of sp³-hybridized carbons (Fsp3) is 0.474. The summed E-state index contributed by atoms with van der Waals surface area (Å²) in [6.45, 7) is 9.96. The molecule has 5 nitrogen and oxygen atoms in total. The van der Waals surface area contributed by atoms with E-state index in [4.69, 9.17) is 11.6 Å². The van der Waals surface area contributed by atoms with Gasteiger partial charge in [0.1, 0.15) is 0 Å². The SMILES string of the molecule is CC(C)(C)C(=O)N1CCN(c2ccc(NCc3cnc(Cl)s3)cc2)CC1. The Kier molecular flexibility index (Phi) is 5.73. The van der Waals surface area contributed by atoms with Gasteiger partial charge in [0.15, 0.2) is 4.47 Å². The van der Waals surface area contributed by atoms with Crippen LogP contribution in [0.4, 0.5) is 11.4 Å².